The van der Waals surface area contributed by atoms with Crippen LogP contribution in [0.3, 0.4) is 0 Å². The zero-order valence-corrected chi connectivity index (χ0v) is 22.8. The molecule has 12 heteroatoms. The Bertz CT molecular complexity index is 1420. The highest BCUT2D eigenvalue weighted by molar-refractivity contribution is 14.1. The molecule has 0 saturated heterocycles. The smallest absolute Gasteiger partial charge is 0.275 e. The van der Waals surface area contributed by atoms with E-state index < -0.39 is 0 Å². The lowest BCUT2D eigenvalue weighted by Gasteiger charge is -2.12. The predicted octanol–water partition coefficient (Wildman–Crippen LogP) is 5.74. The van der Waals surface area contributed by atoms with Crippen LogP contribution in [0.2, 0.25) is 0 Å². The van der Waals surface area contributed by atoms with Crippen molar-refractivity contribution in [1.82, 2.24) is 15.0 Å². The molecule has 0 fully saturated rings. The first-order chi connectivity index (χ1) is 18.6. The highest BCUT2D eigenvalue weighted by Gasteiger charge is 2.12. The first kappa shape index (κ1) is 26.7. The van der Waals surface area contributed by atoms with Crippen LogP contribution in [0, 0.1) is 15.9 Å². The van der Waals surface area contributed by atoms with Crippen LogP contribution in [0.25, 0.3) is 0 Å². The fourth-order valence-corrected chi connectivity index (χ4v) is 4.05. The molecular formula is C26H24IN7O4. The molecular weight excluding hydrogens is 601 g/mol. The van der Waals surface area contributed by atoms with Gasteiger partial charge in [0.25, 0.3) is 5.95 Å². The van der Waals surface area contributed by atoms with E-state index in [2.05, 4.69) is 64.3 Å². The Morgan fingerprint density at radius 1 is 1.05 bits per heavy atom. The lowest BCUT2D eigenvalue weighted by Crippen LogP contribution is -2.06. The molecule has 0 saturated carbocycles. The van der Waals surface area contributed by atoms with E-state index in [-0.39, 0.29) is 19.1 Å². The largest absolute Gasteiger partial charge is 0.497 e. The zero-order chi connectivity index (χ0) is 26.7. The summed E-state index contributed by atoms with van der Waals surface area (Å²) in [5, 5.41) is 14.8. The summed E-state index contributed by atoms with van der Waals surface area (Å²) in [6.07, 6.45) is 6.91. The number of terminal acetylenes is 1. The first-order valence-electron chi connectivity index (χ1n) is 11.3. The van der Waals surface area contributed by atoms with Gasteiger partial charge in [-0.2, -0.15) is 20.1 Å². The molecule has 4 aromatic rings. The zero-order valence-electron chi connectivity index (χ0n) is 20.6. The van der Waals surface area contributed by atoms with Gasteiger partial charge in [-0.3, -0.25) is 0 Å². The van der Waals surface area contributed by atoms with E-state index in [1.54, 1.807) is 20.5 Å². The molecule has 2 N–H and O–H groups in total. The molecule has 2 aromatic carbocycles. The number of ether oxygens (including phenoxy) is 3. The summed E-state index contributed by atoms with van der Waals surface area (Å²) in [5.74, 6) is 5.82. The van der Waals surface area contributed by atoms with Crippen molar-refractivity contribution in [2.24, 2.45) is 10.2 Å². The number of aromatic nitrogens is 3. The average molecular weight is 625 g/mol. The second-order valence-electron chi connectivity index (χ2n) is 7.57. The number of methoxy groups -OCH3 is 2. The van der Waals surface area contributed by atoms with Crippen molar-refractivity contribution in [3.05, 3.63) is 69.7 Å². The van der Waals surface area contributed by atoms with Crippen molar-refractivity contribution >= 4 is 46.1 Å². The van der Waals surface area contributed by atoms with E-state index in [9.17, 15) is 0 Å². The van der Waals surface area contributed by atoms with Crippen molar-refractivity contribution in [1.29, 1.82) is 0 Å². The van der Waals surface area contributed by atoms with E-state index in [1.165, 1.54) is 0 Å². The Hall–Kier alpha value is -4.38. The maximum atomic E-state index is 5.60. The monoisotopic (exact) mass is 625 g/mol. The summed E-state index contributed by atoms with van der Waals surface area (Å²) < 4.78 is 22.5. The summed E-state index contributed by atoms with van der Waals surface area (Å²) >= 11 is 2.16. The minimum absolute atomic E-state index is 0.133. The molecule has 2 aromatic heterocycles. The predicted molar refractivity (Wildman–Crippen MR) is 150 cm³/mol. The maximum absolute atomic E-state index is 5.60. The van der Waals surface area contributed by atoms with Crippen LogP contribution in [-0.4, -0.2) is 35.8 Å². The Morgan fingerprint density at radius 3 is 2.58 bits per heavy atom. The fourth-order valence-electron chi connectivity index (χ4n) is 3.23. The van der Waals surface area contributed by atoms with Gasteiger partial charge in [0, 0.05) is 5.69 Å². The van der Waals surface area contributed by atoms with Gasteiger partial charge in [0.2, 0.25) is 11.9 Å². The molecule has 0 atom stereocenters. The minimum atomic E-state index is 0.133. The molecule has 0 unspecified atom stereocenters. The number of anilines is 3. The van der Waals surface area contributed by atoms with Crippen LogP contribution in [-0.2, 0) is 13.1 Å². The fraction of sp³-hybridized carbons (Fsp3) is 0.192. The first-order valence-corrected chi connectivity index (χ1v) is 12.4. The third-order valence-electron chi connectivity index (χ3n) is 4.97. The SMILES string of the molecule is C#CCOc1c(I)cc(CN=Nc2nc(NCc3ccco3)nc(Nc3ccc(OC)cc3)n2)cc1OC. The lowest BCUT2D eigenvalue weighted by atomic mass is 10.2. The second-order valence-corrected chi connectivity index (χ2v) is 8.73. The summed E-state index contributed by atoms with van der Waals surface area (Å²) in [6.45, 7) is 0.805. The average Bonchev–Trinajstić information content (AvgIpc) is 3.45. The number of nitrogens with zero attached hydrogens (tertiary/aromatic N) is 5. The molecule has 0 aliphatic rings. The Kier molecular flexibility index (Phi) is 9.30. The maximum Gasteiger partial charge on any atom is 0.275 e. The van der Waals surface area contributed by atoms with Gasteiger partial charge in [0.05, 0.1) is 37.1 Å². The number of halogens is 1. The summed E-state index contributed by atoms with van der Waals surface area (Å²) in [4.78, 5) is 13.2. The van der Waals surface area contributed by atoms with E-state index >= 15 is 0 Å². The number of nitrogens with one attached hydrogen (secondary N) is 2. The number of furan rings is 1. The molecule has 38 heavy (non-hydrogen) atoms. The van der Waals surface area contributed by atoms with Crippen molar-refractivity contribution in [3.8, 4) is 29.6 Å². The molecule has 0 radical (unpaired) electrons. The van der Waals surface area contributed by atoms with Gasteiger partial charge in [-0.15, -0.1) is 11.5 Å². The number of azo groups is 1. The van der Waals surface area contributed by atoms with Crippen LogP contribution in [0.15, 0.2) is 69.4 Å². The molecule has 2 heterocycles. The number of benzene rings is 2. The Labute approximate surface area is 233 Å². The van der Waals surface area contributed by atoms with Crippen molar-refractivity contribution in [2.45, 2.75) is 13.1 Å². The lowest BCUT2D eigenvalue weighted by molar-refractivity contribution is 0.328. The standard InChI is InChI=1S/C26H24IN7O4/c1-4-11-38-23-21(27)13-17(14-22(23)36-3)15-29-34-26-32-24(28-16-20-6-5-12-37-20)31-25(33-26)30-18-7-9-19(35-2)10-8-18/h1,5-10,12-14H,11,15-16H2,2-3H3,(H2,28,30,31,32,33). The van der Waals surface area contributed by atoms with Gasteiger partial charge < -0.3 is 29.3 Å². The third-order valence-corrected chi connectivity index (χ3v) is 5.77. The molecule has 0 bridgehead atoms. The van der Waals surface area contributed by atoms with Crippen LogP contribution in [0.4, 0.5) is 23.5 Å². The van der Waals surface area contributed by atoms with E-state index in [0.717, 1.165) is 26.3 Å². The molecule has 0 aliphatic heterocycles. The topological polar surface area (TPSA) is 128 Å². The highest BCUT2D eigenvalue weighted by atomic mass is 127. The van der Waals surface area contributed by atoms with Crippen molar-refractivity contribution in [2.75, 3.05) is 31.5 Å². The van der Waals surface area contributed by atoms with Gasteiger partial charge in [0.1, 0.15) is 18.1 Å². The van der Waals surface area contributed by atoms with Crippen molar-refractivity contribution in [3.63, 3.8) is 0 Å². The quantitative estimate of drug-likeness (QED) is 0.115. The Morgan fingerprint density at radius 2 is 1.87 bits per heavy atom. The molecule has 0 spiro atoms. The van der Waals surface area contributed by atoms with E-state index in [0.29, 0.717) is 29.9 Å². The van der Waals surface area contributed by atoms with E-state index in [4.69, 9.17) is 25.1 Å². The number of hydrogen-bond donors (Lipinski definition) is 2. The normalized spacial score (nSPS) is 10.7. The summed E-state index contributed by atoms with van der Waals surface area (Å²) in [6, 6.07) is 14.8. The minimum Gasteiger partial charge on any atom is -0.497 e. The Balaban J connectivity index is 1.53. The molecule has 194 valence electrons. The van der Waals surface area contributed by atoms with Gasteiger partial charge in [-0.05, 0) is 76.7 Å². The molecule has 0 amide bonds. The van der Waals surface area contributed by atoms with Crippen LogP contribution < -0.4 is 24.8 Å². The van der Waals surface area contributed by atoms with Crippen LogP contribution >= 0.6 is 22.6 Å². The summed E-state index contributed by atoms with van der Waals surface area (Å²) in [5.41, 5.74) is 1.63. The van der Waals surface area contributed by atoms with Gasteiger partial charge in [-0.25, -0.2) is 0 Å². The van der Waals surface area contributed by atoms with E-state index in [1.807, 2.05) is 48.5 Å². The van der Waals surface area contributed by atoms with Crippen LogP contribution in [0.5, 0.6) is 17.2 Å². The third kappa shape index (κ3) is 7.32. The van der Waals surface area contributed by atoms with Crippen LogP contribution in [0.1, 0.15) is 11.3 Å². The van der Waals surface area contributed by atoms with Gasteiger partial charge in [0.15, 0.2) is 11.5 Å². The summed E-state index contributed by atoms with van der Waals surface area (Å²) in [7, 11) is 3.18. The molecule has 4 rings (SSSR count). The molecule has 11 nitrogen and oxygen atoms in total. The number of hydrogen-bond acceptors (Lipinski definition) is 11. The second kappa shape index (κ2) is 13.2. The highest BCUT2D eigenvalue weighted by Crippen LogP contribution is 2.34. The van der Waals surface area contributed by atoms with Gasteiger partial charge in [-0.1, -0.05) is 5.92 Å². The van der Waals surface area contributed by atoms with Crippen molar-refractivity contribution < 1.29 is 18.6 Å². The van der Waals surface area contributed by atoms with Gasteiger partial charge >= 0.3 is 0 Å². The molecule has 0 aliphatic carbocycles. The number of rotatable bonds is 12.